The molecular formula is C12H15NO. The maximum Gasteiger partial charge on any atom is 0.250 e. The van der Waals surface area contributed by atoms with E-state index < -0.39 is 0 Å². The molecule has 0 aliphatic rings. The lowest BCUT2D eigenvalue weighted by atomic mass is 10.1. The van der Waals surface area contributed by atoms with Crippen LogP contribution in [0.5, 0.6) is 0 Å². The Labute approximate surface area is 84.9 Å². The number of hydrogen-bond donors (Lipinski definition) is 0. The van der Waals surface area contributed by atoms with Gasteiger partial charge in [-0.25, -0.2) is 0 Å². The fraction of sp³-hybridized carbons (Fsp3) is 0.250. The summed E-state index contributed by atoms with van der Waals surface area (Å²) in [6, 6.07) is 7.89. The van der Waals surface area contributed by atoms with Crippen molar-refractivity contribution in [3.63, 3.8) is 0 Å². The van der Waals surface area contributed by atoms with Crippen molar-refractivity contribution >= 4 is 11.6 Å². The topological polar surface area (TPSA) is 20.3 Å². The van der Waals surface area contributed by atoms with Crippen molar-refractivity contribution in [1.29, 1.82) is 0 Å². The normalized spacial score (nSPS) is 9.57. The third-order valence-electron chi connectivity index (χ3n) is 2.24. The molecule has 2 nitrogen and oxygen atoms in total. The fourth-order valence-corrected chi connectivity index (χ4v) is 1.39. The van der Waals surface area contributed by atoms with Crippen molar-refractivity contribution < 1.29 is 4.79 Å². The van der Waals surface area contributed by atoms with E-state index in [2.05, 4.69) is 13.5 Å². The van der Waals surface area contributed by atoms with Crippen LogP contribution in [0.15, 0.2) is 36.9 Å². The third kappa shape index (κ3) is 2.02. The first kappa shape index (κ1) is 10.5. The van der Waals surface area contributed by atoms with E-state index in [0.717, 1.165) is 12.1 Å². The third-order valence-corrected chi connectivity index (χ3v) is 2.24. The molecule has 0 unspecified atom stereocenters. The number of anilines is 1. The molecule has 0 N–H and O–H groups in total. The number of rotatable bonds is 3. The number of likely N-dealkylation sites (N-methyl/N-ethyl adjacent to an activating group) is 1. The largest absolute Gasteiger partial charge is 0.312 e. The van der Waals surface area contributed by atoms with Gasteiger partial charge in [-0.1, -0.05) is 31.7 Å². The fourth-order valence-electron chi connectivity index (χ4n) is 1.39. The van der Waals surface area contributed by atoms with E-state index in [1.54, 1.807) is 11.9 Å². The molecule has 1 amide bonds. The number of carbonyl (C=O) groups is 1. The maximum atomic E-state index is 11.4. The lowest BCUT2D eigenvalue weighted by Crippen LogP contribution is -2.24. The van der Waals surface area contributed by atoms with Gasteiger partial charge in [0, 0.05) is 12.7 Å². The molecule has 0 aliphatic heterocycles. The van der Waals surface area contributed by atoms with E-state index in [0.29, 0.717) is 0 Å². The summed E-state index contributed by atoms with van der Waals surface area (Å²) >= 11 is 0. The highest BCUT2D eigenvalue weighted by Gasteiger charge is 2.09. The number of para-hydroxylation sites is 1. The molecule has 14 heavy (non-hydrogen) atoms. The smallest absolute Gasteiger partial charge is 0.250 e. The summed E-state index contributed by atoms with van der Waals surface area (Å²) < 4.78 is 0. The second-order valence-corrected chi connectivity index (χ2v) is 3.08. The van der Waals surface area contributed by atoms with E-state index >= 15 is 0 Å². The van der Waals surface area contributed by atoms with Crippen molar-refractivity contribution in [3.05, 3.63) is 42.5 Å². The van der Waals surface area contributed by atoms with Crippen LogP contribution >= 0.6 is 0 Å². The Hall–Kier alpha value is -1.57. The molecule has 0 fully saturated rings. The SMILES string of the molecule is C=CC(=O)N(C)c1ccccc1CC. The van der Waals surface area contributed by atoms with E-state index in [-0.39, 0.29) is 5.91 Å². The summed E-state index contributed by atoms with van der Waals surface area (Å²) in [7, 11) is 1.76. The predicted octanol–water partition coefficient (Wildman–Crippen LogP) is 2.40. The molecular weight excluding hydrogens is 174 g/mol. The van der Waals surface area contributed by atoms with E-state index in [1.807, 2.05) is 24.3 Å². The monoisotopic (exact) mass is 189 g/mol. The van der Waals surface area contributed by atoms with Gasteiger partial charge in [-0.15, -0.1) is 0 Å². The molecule has 1 aromatic rings. The predicted molar refractivity (Wildman–Crippen MR) is 59.4 cm³/mol. The number of amides is 1. The Balaban J connectivity index is 3.05. The molecule has 74 valence electrons. The number of nitrogens with zero attached hydrogens (tertiary/aromatic N) is 1. The summed E-state index contributed by atoms with van der Waals surface area (Å²) in [5, 5.41) is 0. The Morgan fingerprint density at radius 2 is 2.14 bits per heavy atom. The van der Waals surface area contributed by atoms with Gasteiger partial charge in [0.1, 0.15) is 0 Å². The molecule has 2 heteroatoms. The van der Waals surface area contributed by atoms with Crippen molar-refractivity contribution in [2.45, 2.75) is 13.3 Å². The van der Waals surface area contributed by atoms with E-state index in [4.69, 9.17) is 0 Å². The standard InChI is InChI=1S/C12H15NO/c1-4-10-8-6-7-9-11(10)13(3)12(14)5-2/h5-9H,2,4H2,1,3H3. The Morgan fingerprint density at radius 1 is 1.50 bits per heavy atom. The van der Waals surface area contributed by atoms with Gasteiger partial charge < -0.3 is 4.90 Å². The number of benzene rings is 1. The van der Waals surface area contributed by atoms with Gasteiger partial charge in [0.2, 0.25) is 5.91 Å². The molecule has 0 heterocycles. The molecule has 1 aromatic carbocycles. The van der Waals surface area contributed by atoms with Crippen molar-refractivity contribution in [2.24, 2.45) is 0 Å². The number of aryl methyl sites for hydroxylation is 1. The minimum absolute atomic E-state index is 0.0779. The number of hydrogen-bond acceptors (Lipinski definition) is 1. The summed E-state index contributed by atoms with van der Waals surface area (Å²) in [5.41, 5.74) is 2.13. The molecule has 0 atom stereocenters. The van der Waals surface area contributed by atoms with Crippen molar-refractivity contribution in [3.8, 4) is 0 Å². The van der Waals surface area contributed by atoms with Crippen LogP contribution in [0.3, 0.4) is 0 Å². The molecule has 0 saturated carbocycles. The van der Waals surface area contributed by atoms with Gasteiger partial charge in [0.15, 0.2) is 0 Å². The highest BCUT2D eigenvalue weighted by Crippen LogP contribution is 2.19. The number of carbonyl (C=O) groups excluding carboxylic acids is 1. The lowest BCUT2D eigenvalue weighted by Gasteiger charge is -2.18. The molecule has 0 saturated heterocycles. The maximum absolute atomic E-state index is 11.4. The van der Waals surface area contributed by atoms with Gasteiger partial charge in [0.05, 0.1) is 0 Å². The average Bonchev–Trinajstić information content (AvgIpc) is 2.26. The van der Waals surface area contributed by atoms with Crippen LogP contribution in [-0.4, -0.2) is 13.0 Å². The molecule has 0 spiro atoms. The van der Waals surface area contributed by atoms with Gasteiger partial charge in [-0.05, 0) is 24.1 Å². The van der Waals surface area contributed by atoms with Crippen LogP contribution in [0.1, 0.15) is 12.5 Å². The van der Waals surface area contributed by atoms with Crippen LogP contribution in [-0.2, 0) is 11.2 Å². The molecule has 0 aromatic heterocycles. The van der Waals surface area contributed by atoms with Crippen LogP contribution in [0.4, 0.5) is 5.69 Å². The summed E-state index contributed by atoms with van der Waals surface area (Å²) in [5.74, 6) is -0.0779. The Kier molecular flexibility index (Phi) is 3.46. The minimum Gasteiger partial charge on any atom is -0.312 e. The Morgan fingerprint density at radius 3 is 2.71 bits per heavy atom. The van der Waals surface area contributed by atoms with Crippen LogP contribution < -0.4 is 4.90 Å². The van der Waals surface area contributed by atoms with Gasteiger partial charge >= 0.3 is 0 Å². The van der Waals surface area contributed by atoms with Crippen LogP contribution in [0.2, 0.25) is 0 Å². The average molecular weight is 189 g/mol. The second kappa shape index (κ2) is 4.61. The first-order valence-corrected chi connectivity index (χ1v) is 4.68. The zero-order chi connectivity index (χ0) is 10.6. The second-order valence-electron chi connectivity index (χ2n) is 3.08. The van der Waals surface area contributed by atoms with E-state index in [9.17, 15) is 4.79 Å². The van der Waals surface area contributed by atoms with Crippen molar-refractivity contribution in [1.82, 2.24) is 0 Å². The first-order valence-electron chi connectivity index (χ1n) is 4.68. The van der Waals surface area contributed by atoms with E-state index in [1.165, 1.54) is 11.6 Å². The molecule has 1 rings (SSSR count). The summed E-state index contributed by atoms with van der Waals surface area (Å²) in [4.78, 5) is 13.0. The summed E-state index contributed by atoms with van der Waals surface area (Å²) in [6.07, 6.45) is 2.25. The van der Waals surface area contributed by atoms with Gasteiger partial charge in [-0.2, -0.15) is 0 Å². The molecule has 0 radical (unpaired) electrons. The summed E-state index contributed by atoms with van der Waals surface area (Å²) in [6.45, 7) is 5.55. The molecule has 0 bridgehead atoms. The van der Waals surface area contributed by atoms with Crippen LogP contribution in [0, 0.1) is 0 Å². The van der Waals surface area contributed by atoms with Gasteiger partial charge in [0.25, 0.3) is 0 Å². The zero-order valence-corrected chi connectivity index (χ0v) is 8.66. The minimum atomic E-state index is -0.0779. The quantitative estimate of drug-likeness (QED) is 0.668. The van der Waals surface area contributed by atoms with Crippen molar-refractivity contribution in [2.75, 3.05) is 11.9 Å². The zero-order valence-electron chi connectivity index (χ0n) is 8.66. The molecule has 0 aliphatic carbocycles. The van der Waals surface area contributed by atoms with Gasteiger partial charge in [-0.3, -0.25) is 4.79 Å². The highest BCUT2D eigenvalue weighted by molar-refractivity contribution is 6.01. The Bertz CT molecular complexity index is 344. The highest BCUT2D eigenvalue weighted by atomic mass is 16.2. The van der Waals surface area contributed by atoms with Crippen LogP contribution in [0.25, 0.3) is 0 Å². The lowest BCUT2D eigenvalue weighted by molar-refractivity contribution is -0.113. The first-order chi connectivity index (χ1) is 6.70.